The van der Waals surface area contributed by atoms with E-state index in [1.807, 2.05) is 24.5 Å². The topological polar surface area (TPSA) is 55.1 Å². The summed E-state index contributed by atoms with van der Waals surface area (Å²) in [5.41, 5.74) is 3.52. The average Bonchev–Trinajstić information content (AvgIpc) is 3.16. The minimum Gasteiger partial charge on any atom is -0.481 e. The molecule has 1 aromatic carbocycles. The van der Waals surface area contributed by atoms with Crippen LogP contribution in [0, 0.1) is 0 Å². The van der Waals surface area contributed by atoms with Crippen molar-refractivity contribution in [2.75, 3.05) is 0 Å². The smallest absolute Gasteiger partial charge is 0.304 e. The second-order valence-electron chi connectivity index (χ2n) is 7.28. The van der Waals surface area contributed by atoms with Gasteiger partial charge in [-0.25, -0.2) is 0 Å². The van der Waals surface area contributed by atoms with Crippen molar-refractivity contribution in [3.05, 3.63) is 52.4 Å². The van der Waals surface area contributed by atoms with Gasteiger partial charge in [0.05, 0.1) is 18.1 Å². The highest BCUT2D eigenvalue weighted by Crippen LogP contribution is 2.48. The van der Waals surface area contributed by atoms with Crippen LogP contribution in [0.4, 0.5) is 0 Å². The summed E-state index contributed by atoms with van der Waals surface area (Å²) in [5.74, 6) is -0.333. The molecule has 3 heterocycles. The van der Waals surface area contributed by atoms with Crippen LogP contribution in [0.1, 0.15) is 49.8 Å². The van der Waals surface area contributed by atoms with Gasteiger partial charge in [0.25, 0.3) is 0 Å². The quantitative estimate of drug-likeness (QED) is 0.521. The first-order valence-electron chi connectivity index (χ1n) is 9.11. The van der Waals surface area contributed by atoms with E-state index in [2.05, 4.69) is 51.5 Å². The van der Waals surface area contributed by atoms with Crippen LogP contribution < -0.4 is 0 Å². The van der Waals surface area contributed by atoms with E-state index >= 15 is 0 Å². The number of fused-ring (bicyclic) bond motifs is 3. The third-order valence-corrected chi connectivity index (χ3v) is 6.81. The van der Waals surface area contributed by atoms with Crippen LogP contribution in [0.2, 0.25) is 0 Å². The van der Waals surface area contributed by atoms with Gasteiger partial charge in [0.1, 0.15) is 0 Å². The largest absolute Gasteiger partial charge is 0.481 e. The van der Waals surface area contributed by atoms with Gasteiger partial charge in [-0.1, -0.05) is 41.5 Å². The van der Waals surface area contributed by atoms with Gasteiger partial charge in [0.2, 0.25) is 0 Å². The van der Waals surface area contributed by atoms with Crippen LogP contribution in [-0.4, -0.2) is 20.6 Å². The third-order valence-electron chi connectivity index (χ3n) is 5.16. The molecule has 1 atom stereocenters. The van der Waals surface area contributed by atoms with Crippen LogP contribution in [-0.2, 0) is 11.3 Å². The zero-order valence-corrected chi connectivity index (χ0v) is 17.7. The minimum atomic E-state index is -0.736. The Kier molecular flexibility index (Phi) is 5.03. The van der Waals surface area contributed by atoms with Gasteiger partial charge in [0, 0.05) is 44.0 Å². The predicted octanol–water partition coefficient (Wildman–Crippen LogP) is 6.04. The maximum absolute atomic E-state index is 11.4. The first-order valence-corrected chi connectivity index (χ1v) is 10.7. The molecule has 0 saturated carbocycles. The minimum absolute atomic E-state index is 0.0489. The number of aliphatic carboxylic acids is 1. The van der Waals surface area contributed by atoms with Crippen molar-refractivity contribution in [3.8, 4) is 0 Å². The molecule has 27 heavy (non-hydrogen) atoms. The summed E-state index contributed by atoms with van der Waals surface area (Å²) >= 11 is 5.23. The fraction of sp³-hybridized carbons (Fsp3) is 0.333. The molecule has 1 N–H and O–H groups in total. The molecule has 1 aliphatic rings. The molecule has 6 heteroatoms. The number of carbonyl (C=O) groups is 1. The molecular formula is C21H21BrN2O2S. The molecule has 0 fully saturated rings. The van der Waals surface area contributed by atoms with Gasteiger partial charge in [0.15, 0.2) is 0 Å². The first kappa shape index (κ1) is 18.6. The highest BCUT2D eigenvalue weighted by molar-refractivity contribution is 9.10. The Morgan fingerprint density at radius 3 is 2.74 bits per heavy atom. The lowest BCUT2D eigenvalue weighted by Crippen LogP contribution is -2.04. The van der Waals surface area contributed by atoms with Crippen LogP contribution in [0.3, 0.4) is 0 Å². The number of aromatic nitrogens is 2. The van der Waals surface area contributed by atoms with Gasteiger partial charge >= 0.3 is 5.97 Å². The number of benzene rings is 1. The van der Waals surface area contributed by atoms with Crippen LogP contribution in [0.15, 0.2) is 50.9 Å². The van der Waals surface area contributed by atoms with E-state index in [-0.39, 0.29) is 12.3 Å². The van der Waals surface area contributed by atoms with Crippen LogP contribution >= 0.6 is 27.7 Å². The van der Waals surface area contributed by atoms with E-state index < -0.39 is 5.97 Å². The summed E-state index contributed by atoms with van der Waals surface area (Å²) in [5, 5.41) is 10.6. The van der Waals surface area contributed by atoms with Crippen molar-refractivity contribution in [2.24, 2.45) is 0 Å². The summed E-state index contributed by atoms with van der Waals surface area (Å²) in [4.78, 5) is 18.3. The Labute approximate surface area is 171 Å². The molecule has 140 valence electrons. The fourth-order valence-electron chi connectivity index (χ4n) is 3.94. The summed E-state index contributed by atoms with van der Waals surface area (Å²) in [6, 6.07) is 8.28. The zero-order valence-electron chi connectivity index (χ0n) is 15.3. The van der Waals surface area contributed by atoms with Gasteiger partial charge in [-0.15, -0.1) is 0 Å². The Morgan fingerprint density at radius 1 is 1.33 bits per heavy atom. The number of aryl methyl sites for hydroxylation is 1. The van der Waals surface area contributed by atoms with Crippen LogP contribution in [0.25, 0.3) is 10.9 Å². The molecule has 2 aromatic heterocycles. The lowest BCUT2D eigenvalue weighted by Gasteiger charge is -2.13. The summed E-state index contributed by atoms with van der Waals surface area (Å²) in [7, 11) is 0. The average molecular weight is 445 g/mol. The Hall–Kier alpha value is -1.79. The van der Waals surface area contributed by atoms with Crippen molar-refractivity contribution in [1.29, 1.82) is 0 Å². The van der Waals surface area contributed by atoms with Gasteiger partial charge in [-0.05, 0) is 42.2 Å². The highest BCUT2D eigenvalue weighted by atomic mass is 79.9. The second-order valence-corrected chi connectivity index (χ2v) is 9.28. The monoisotopic (exact) mass is 444 g/mol. The molecule has 0 saturated heterocycles. The SMILES string of the molecule is CC(C)c1cncc2c1c(Sc1ccc(Br)cc1)c1n2CCC1CC(=O)O. The molecule has 3 aromatic rings. The fourth-order valence-corrected chi connectivity index (χ4v) is 5.42. The second kappa shape index (κ2) is 7.32. The van der Waals surface area contributed by atoms with E-state index in [1.54, 1.807) is 11.8 Å². The van der Waals surface area contributed by atoms with E-state index in [0.717, 1.165) is 33.5 Å². The maximum atomic E-state index is 11.4. The van der Waals surface area contributed by atoms with Crippen molar-refractivity contribution in [1.82, 2.24) is 9.55 Å². The lowest BCUT2D eigenvalue weighted by atomic mass is 9.97. The van der Waals surface area contributed by atoms with Crippen molar-refractivity contribution < 1.29 is 9.90 Å². The molecule has 4 rings (SSSR count). The summed E-state index contributed by atoms with van der Waals surface area (Å²) in [6.45, 7) is 5.22. The number of halogens is 1. The Bertz CT molecular complexity index is 1010. The number of carboxylic acids is 1. The van der Waals surface area contributed by atoms with E-state index in [4.69, 9.17) is 0 Å². The zero-order chi connectivity index (χ0) is 19.1. The number of nitrogens with zero attached hydrogens (tertiary/aromatic N) is 2. The molecule has 1 unspecified atom stereocenters. The molecule has 0 spiro atoms. The molecular weight excluding hydrogens is 424 g/mol. The highest BCUT2D eigenvalue weighted by Gasteiger charge is 2.32. The standard InChI is InChI=1S/C21H21BrN2O2S/c1-12(2)16-10-23-11-17-19(16)21(27-15-5-3-14(22)4-6-15)20-13(9-18(25)26)7-8-24(17)20/h3-6,10-13H,7-9H2,1-2H3,(H,25,26). The van der Waals surface area contributed by atoms with Crippen molar-refractivity contribution >= 4 is 44.6 Å². The molecule has 0 radical (unpaired) electrons. The number of rotatable bonds is 5. The van der Waals surface area contributed by atoms with Gasteiger partial charge in [-0.2, -0.15) is 0 Å². The van der Waals surface area contributed by atoms with Crippen molar-refractivity contribution in [3.63, 3.8) is 0 Å². The van der Waals surface area contributed by atoms with E-state index in [9.17, 15) is 9.90 Å². The Balaban J connectivity index is 1.93. The molecule has 0 amide bonds. The van der Waals surface area contributed by atoms with Crippen LogP contribution in [0.5, 0.6) is 0 Å². The molecule has 0 bridgehead atoms. The number of hydrogen-bond donors (Lipinski definition) is 1. The predicted molar refractivity (Wildman–Crippen MR) is 112 cm³/mol. The molecule has 0 aliphatic carbocycles. The lowest BCUT2D eigenvalue weighted by molar-refractivity contribution is -0.137. The van der Waals surface area contributed by atoms with Gasteiger partial charge < -0.3 is 9.67 Å². The molecule has 1 aliphatic heterocycles. The first-order chi connectivity index (χ1) is 13.0. The Morgan fingerprint density at radius 2 is 2.07 bits per heavy atom. The summed E-state index contributed by atoms with van der Waals surface area (Å²) in [6.07, 6.45) is 4.94. The third kappa shape index (κ3) is 3.41. The normalized spacial score (nSPS) is 16.2. The van der Waals surface area contributed by atoms with Crippen molar-refractivity contribution in [2.45, 2.75) is 54.9 Å². The number of carboxylic acid groups (broad SMARTS) is 1. The molecule has 4 nitrogen and oxygen atoms in total. The van der Waals surface area contributed by atoms with Gasteiger partial charge in [-0.3, -0.25) is 9.78 Å². The van der Waals surface area contributed by atoms with E-state index in [0.29, 0.717) is 5.92 Å². The number of hydrogen-bond acceptors (Lipinski definition) is 3. The maximum Gasteiger partial charge on any atom is 0.304 e. The van der Waals surface area contributed by atoms with E-state index in [1.165, 1.54) is 15.8 Å². The number of pyridine rings is 1. The summed E-state index contributed by atoms with van der Waals surface area (Å²) < 4.78 is 3.35.